The number of hydrogen-bond acceptors (Lipinski definition) is 8. The molecule has 1 aromatic rings. The number of aromatic hydroxyl groups is 1. The topological polar surface area (TPSA) is 173 Å². The summed E-state index contributed by atoms with van der Waals surface area (Å²) in [7, 11) is -8.92. The number of rotatable bonds is 12. The van der Waals surface area contributed by atoms with E-state index in [4.69, 9.17) is 23.8 Å². The number of benzene rings is 1. The number of hydrogen-bond donors (Lipinski definition) is 4. The molecule has 0 spiro atoms. The predicted molar refractivity (Wildman–Crippen MR) is 182 cm³/mol. The molecule has 3 fully saturated rings. The summed E-state index contributed by atoms with van der Waals surface area (Å²) in [6.07, 6.45) is 13.1. The molecule has 4 aliphatic rings. The second-order valence-electron chi connectivity index (χ2n) is 15.4. The molecule has 0 bridgehead atoms. The molecule has 0 heterocycles. The summed E-state index contributed by atoms with van der Waals surface area (Å²) in [6, 6.07) is 7.10. The number of nitrogens with two attached hydrogens (primary N) is 1. The first-order valence-electron chi connectivity index (χ1n) is 17.4. The van der Waals surface area contributed by atoms with Gasteiger partial charge in [0.25, 0.3) is 0 Å². The van der Waals surface area contributed by atoms with Gasteiger partial charge in [-0.2, -0.15) is 16.8 Å². The van der Waals surface area contributed by atoms with Crippen LogP contribution in [-0.2, 0) is 35.6 Å². The summed E-state index contributed by atoms with van der Waals surface area (Å²) in [4.78, 5) is 0. The van der Waals surface area contributed by atoms with Gasteiger partial charge in [0, 0.05) is 0 Å². The van der Waals surface area contributed by atoms with E-state index < -0.39 is 26.9 Å². The summed E-state index contributed by atoms with van der Waals surface area (Å²) < 4.78 is 73.7. The Labute approximate surface area is 282 Å². The van der Waals surface area contributed by atoms with Gasteiger partial charge in [0.15, 0.2) is 0 Å². The van der Waals surface area contributed by atoms with Gasteiger partial charge in [-0.1, -0.05) is 64.3 Å². The molecule has 1 aromatic carbocycles. The monoisotopic (exact) mass is 699 g/mol. The Morgan fingerprint density at radius 3 is 2.26 bits per heavy atom. The average molecular weight is 700 g/mol. The molecule has 0 radical (unpaired) electrons. The van der Waals surface area contributed by atoms with E-state index in [1.165, 1.54) is 11.1 Å². The number of phenolic OH excluding ortho intramolecular Hbond substituents is 1. The highest BCUT2D eigenvalue weighted by atomic mass is 32.3. The molecule has 3 saturated carbocycles. The minimum atomic E-state index is -4.47. The molecule has 4 aliphatic carbocycles. The van der Waals surface area contributed by atoms with E-state index in [1.54, 1.807) is 12.1 Å². The first kappa shape index (κ1) is 38.3. The summed E-state index contributed by atoms with van der Waals surface area (Å²) in [5.41, 5.74) is 7.91. The first-order chi connectivity index (χ1) is 21.9. The number of fused-ring (bicyclic) bond motifs is 5. The SMILES string of the molecule is CC(C)CCC[C@@H](COS(=O)(=O)O)[C@H]1CC[C@H]2[C@@H]3CC=C4C[C@H](OS(=O)(=O)O)CC[C@]4(C)[C@H]3CC[C@]12C.NCCc1ccc(O)cc1. The quantitative estimate of drug-likeness (QED) is 0.133. The van der Waals surface area contributed by atoms with Crippen LogP contribution < -0.4 is 5.73 Å². The fourth-order valence-electron chi connectivity index (χ4n) is 9.89. The lowest BCUT2D eigenvalue weighted by Gasteiger charge is -2.58. The predicted octanol–water partition coefficient (Wildman–Crippen LogP) is 6.91. The van der Waals surface area contributed by atoms with Crippen LogP contribution in [0.25, 0.3) is 0 Å². The zero-order valence-electron chi connectivity index (χ0n) is 28.5. The summed E-state index contributed by atoms with van der Waals surface area (Å²) in [5, 5.41) is 8.89. The highest BCUT2D eigenvalue weighted by Gasteiger charge is 2.59. The van der Waals surface area contributed by atoms with E-state index >= 15 is 0 Å². The van der Waals surface area contributed by atoms with Gasteiger partial charge in [0.2, 0.25) is 0 Å². The minimum absolute atomic E-state index is 0.0200. The molecule has 0 unspecified atom stereocenters. The molecule has 5 rings (SSSR count). The van der Waals surface area contributed by atoms with Crippen LogP contribution in [0.5, 0.6) is 5.75 Å². The second kappa shape index (κ2) is 15.6. The lowest BCUT2D eigenvalue weighted by Crippen LogP contribution is -2.51. The van der Waals surface area contributed by atoms with Crippen molar-refractivity contribution in [3.8, 4) is 5.75 Å². The molecule has 5 N–H and O–H groups in total. The van der Waals surface area contributed by atoms with Gasteiger partial charge in [-0.15, -0.1) is 0 Å². The molecule has 0 aliphatic heterocycles. The summed E-state index contributed by atoms with van der Waals surface area (Å²) >= 11 is 0. The Kier molecular flexibility index (Phi) is 12.7. The molecular formula is C35H57NO9S2. The molecule has 12 heteroatoms. The third kappa shape index (κ3) is 9.80. The van der Waals surface area contributed by atoms with Crippen LogP contribution in [0.2, 0.25) is 0 Å². The van der Waals surface area contributed by atoms with Crippen molar-refractivity contribution in [1.29, 1.82) is 0 Å². The Balaban J connectivity index is 0.000000427. The van der Waals surface area contributed by atoms with Crippen LogP contribution in [0.3, 0.4) is 0 Å². The van der Waals surface area contributed by atoms with E-state index in [-0.39, 0.29) is 23.4 Å². The van der Waals surface area contributed by atoms with Crippen LogP contribution in [-0.4, -0.2) is 50.3 Å². The van der Waals surface area contributed by atoms with Gasteiger partial charge in [-0.25, -0.2) is 8.37 Å². The lowest BCUT2D eigenvalue weighted by atomic mass is 9.47. The smallest absolute Gasteiger partial charge is 0.397 e. The Morgan fingerprint density at radius 1 is 0.936 bits per heavy atom. The van der Waals surface area contributed by atoms with Crippen LogP contribution >= 0.6 is 0 Å². The van der Waals surface area contributed by atoms with Gasteiger partial charge in [0.05, 0.1) is 12.7 Å². The Hall–Kier alpha value is -1.54. The van der Waals surface area contributed by atoms with E-state index in [2.05, 4.69) is 33.8 Å². The third-order valence-corrected chi connectivity index (χ3v) is 13.1. The van der Waals surface area contributed by atoms with Gasteiger partial charge < -0.3 is 10.8 Å². The molecule has 8 atom stereocenters. The molecule has 0 saturated heterocycles. The summed E-state index contributed by atoms with van der Waals surface area (Å²) in [6.45, 7) is 9.85. The van der Waals surface area contributed by atoms with Crippen LogP contribution in [0, 0.1) is 46.3 Å². The average Bonchev–Trinajstić information content (AvgIpc) is 3.32. The van der Waals surface area contributed by atoms with Crippen LogP contribution in [0.1, 0.15) is 104 Å². The van der Waals surface area contributed by atoms with Crippen LogP contribution in [0.4, 0.5) is 0 Å². The molecular weight excluding hydrogens is 643 g/mol. The first-order valence-corrected chi connectivity index (χ1v) is 20.1. The third-order valence-electron chi connectivity index (χ3n) is 12.1. The fourth-order valence-corrected chi connectivity index (χ4v) is 10.7. The maximum atomic E-state index is 11.4. The Bertz CT molecular complexity index is 1430. The highest BCUT2D eigenvalue weighted by Crippen LogP contribution is 2.67. The maximum Gasteiger partial charge on any atom is 0.397 e. The van der Waals surface area contributed by atoms with E-state index in [1.807, 2.05) is 12.1 Å². The second-order valence-corrected chi connectivity index (χ2v) is 17.5. The lowest BCUT2D eigenvalue weighted by molar-refractivity contribution is -0.0605. The standard InChI is InChI=1S/C27H46O8S2.C8H11NO/c1-18(2)6-5-7-19(17-34-36(28,29)30)23-10-11-24-22-9-8-20-16-21(35-37(31,32)33)12-14-26(20,3)25(22)13-15-27(23,24)4;9-6-5-7-1-3-8(10)4-2-7/h8,18-19,21-25H,5-7,9-17H2,1-4H3,(H,28,29,30)(H,31,32,33);1-4,10H,5-6,9H2/t19-,21+,22-,23+,24-,25-,26-,27+;/m0./s1. The Morgan fingerprint density at radius 2 is 1.64 bits per heavy atom. The molecule has 268 valence electrons. The minimum Gasteiger partial charge on any atom is -0.508 e. The van der Waals surface area contributed by atoms with Gasteiger partial charge >= 0.3 is 20.8 Å². The molecule has 10 nitrogen and oxygen atoms in total. The molecule has 47 heavy (non-hydrogen) atoms. The van der Waals surface area contributed by atoms with Crippen molar-refractivity contribution < 1.29 is 39.4 Å². The van der Waals surface area contributed by atoms with E-state index in [0.717, 1.165) is 64.2 Å². The molecule has 0 amide bonds. The number of allylic oxidation sites excluding steroid dienone is 1. The van der Waals surface area contributed by atoms with E-state index in [9.17, 15) is 21.4 Å². The highest BCUT2D eigenvalue weighted by molar-refractivity contribution is 7.81. The number of phenols is 1. The van der Waals surface area contributed by atoms with Gasteiger partial charge in [-0.3, -0.25) is 9.11 Å². The van der Waals surface area contributed by atoms with Crippen molar-refractivity contribution in [2.75, 3.05) is 13.2 Å². The van der Waals surface area contributed by atoms with Crippen molar-refractivity contribution in [1.82, 2.24) is 0 Å². The zero-order chi connectivity index (χ0) is 34.6. The maximum absolute atomic E-state index is 11.4. The van der Waals surface area contributed by atoms with Crippen molar-refractivity contribution >= 4 is 20.8 Å². The van der Waals surface area contributed by atoms with Crippen molar-refractivity contribution in [3.63, 3.8) is 0 Å². The van der Waals surface area contributed by atoms with Crippen molar-refractivity contribution in [2.45, 2.75) is 111 Å². The van der Waals surface area contributed by atoms with E-state index in [0.29, 0.717) is 54.7 Å². The molecule has 0 aromatic heterocycles. The normalized spacial score (nSPS) is 32.8. The fraction of sp³-hybridized carbons (Fsp3) is 0.771. The van der Waals surface area contributed by atoms with Crippen molar-refractivity contribution in [2.24, 2.45) is 52.1 Å². The van der Waals surface area contributed by atoms with Crippen LogP contribution in [0.15, 0.2) is 35.9 Å². The van der Waals surface area contributed by atoms with Gasteiger partial charge in [-0.05, 0) is 135 Å². The van der Waals surface area contributed by atoms with Gasteiger partial charge in [0.1, 0.15) is 5.75 Å². The zero-order valence-corrected chi connectivity index (χ0v) is 30.1. The largest absolute Gasteiger partial charge is 0.508 e. The van der Waals surface area contributed by atoms with Crippen molar-refractivity contribution in [3.05, 3.63) is 41.5 Å². The summed E-state index contributed by atoms with van der Waals surface area (Å²) in [5.74, 6) is 3.00.